The fourth-order valence-corrected chi connectivity index (χ4v) is 5.07. The van der Waals surface area contributed by atoms with Crippen molar-refractivity contribution < 1.29 is 9.15 Å². The first-order valence-corrected chi connectivity index (χ1v) is 13.2. The normalized spacial score (nSPS) is 14.3. The Morgan fingerprint density at radius 3 is 2.65 bits per heavy atom. The van der Waals surface area contributed by atoms with Crippen molar-refractivity contribution in [2.45, 2.75) is 38.8 Å². The molecule has 0 amide bonds. The molecule has 3 aromatic carbocycles. The first-order valence-electron chi connectivity index (χ1n) is 12.8. The van der Waals surface area contributed by atoms with Gasteiger partial charge in [0.15, 0.2) is 11.7 Å². The average molecular weight is 513 g/mol. The number of aromatic nitrogens is 3. The van der Waals surface area contributed by atoms with E-state index in [1.807, 2.05) is 48.5 Å². The molecule has 0 bridgehead atoms. The second-order valence-corrected chi connectivity index (χ2v) is 10.0. The van der Waals surface area contributed by atoms with Crippen molar-refractivity contribution in [3.8, 4) is 17.3 Å². The minimum atomic E-state index is 0.463. The molecule has 188 valence electrons. The molecule has 0 aliphatic carbocycles. The molecule has 0 unspecified atom stereocenters. The molecule has 1 aliphatic heterocycles. The summed E-state index contributed by atoms with van der Waals surface area (Å²) in [6.07, 6.45) is 6.04. The summed E-state index contributed by atoms with van der Waals surface area (Å²) in [7, 11) is 0. The van der Waals surface area contributed by atoms with Gasteiger partial charge in [-0.25, -0.2) is 9.97 Å². The smallest absolute Gasteiger partial charge is 0.199 e. The second-order valence-electron chi connectivity index (χ2n) is 9.60. The highest BCUT2D eigenvalue weighted by Crippen LogP contribution is 2.28. The van der Waals surface area contributed by atoms with E-state index in [4.69, 9.17) is 30.7 Å². The zero-order valence-corrected chi connectivity index (χ0v) is 21.4. The summed E-state index contributed by atoms with van der Waals surface area (Å²) in [5, 5.41) is 0.645. The number of oxazole rings is 1. The van der Waals surface area contributed by atoms with Gasteiger partial charge in [-0.15, -0.1) is 0 Å². The largest absolute Gasteiger partial charge is 0.489 e. The number of fused-ring (bicyclic) bond motifs is 1. The van der Waals surface area contributed by atoms with E-state index >= 15 is 0 Å². The molecule has 1 aliphatic rings. The van der Waals surface area contributed by atoms with Crippen molar-refractivity contribution in [1.29, 1.82) is 0 Å². The Labute approximate surface area is 221 Å². The highest BCUT2D eigenvalue weighted by molar-refractivity contribution is 6.30. The standard InChI is InChI=1S/C30H29ClN4O2/c31-24-10-12-28(36-19-21-7-3-1-4-8-21)23(16-24)17-29-32-27(20-37-29)30-33-25-11-9-22(15-26(25)34-30)18-35-13-5-2-6-14-35/h1,3-4,7-12,15-16,20H,2,5-6,13-14,17-19H2,(H,33,34). The lowest BCUT2D eigenvalue weighted by Crippen LogP contribution is -2.29. The van der Waals surface area contributed by atoms with Crippen molar-refractivity contribution in [2.75, 3.05) is 13.1 Å². The molecule has 1 fully saturated rings. The highest BCUT2D eigenvalue weighted by Gasteiger charge is 2.15. The van der Waals surface area contributed by atoms with Crippen molar-refractivity contribution in [3.05, 3.63) is 101 Å². The Morgan fingerprint density at radius 1 is 0.919 bits per heavy atom. The van der Waals surface area contributed by atoms with Gasteiger partial charge in [0.1, 0.15) is 24.3 Å². The van der Waals surface area contributed by atoms with E-state index in [9.17, 15) is 0 Å². The van der Waals surface area contributed by atoms with Gasteiger partial charge in [0, 0.05) is 17.1 Å². The highest BCUT2D eigenvalue weighted by atomic mass is 35.5. The number of H-pyrrole nitrogens is 1. The predicted octanol–water partition coefficient (Wildman–Crippen LogP) is 7.03. The molecule has 0 radical (unpaired) electrons. The number of piperidine rings is 1. The van der Waals surface area contributed by atoms with Crippen LogP contribution in [0.15, 0.2) is 77.4 Å². The zero-order chi connectivity index (χ0) is 25.0. The third-order valence-electron chi connectivity index (χ3n) is 6.80. The second kappa shape index (κ2) is 10.8. The molecule has 0 saturated carbocycles. The van der Waals surface area contributed by atoms with Gasteiger partial charge in [-0.3, -0.25) is 4.90 Å². The van der Waals surface area contributed by atoms with Gasteiger partial charge < -0.3 is 14.1 Å². The van der Waals surface area contributed by atoms with Gasteiger partial charge in [0.05, 0.1) is 17.5 Å². The van der Waals surface area contributed by atoms with Gasteiger partial charge in [-0.2, -0.15) is 0 Å². The molecule has 1 N–H and O–H groups in total. The number of rotatable bonds is 8. The lowest BCUT2D eigenvalue weighted by atomic mass is 10.1. The lowest BCUT2D eigenvalue weighted by molar-refractivity contribution is 0.221. The number of hydrogen-bond acceptors (Lipinski definition) is 5. The summed E-state index contributed by atoms with van der Waals surface area (Å²) >= 11 is 6.30. The number of ether oxygens (including phenoxy) is 1. The van der Waals surface area contributed by atoms with Crippen molar-refractivity contribution in [3.63, 3.8) is 0 Å². The minimum Gasteiger partial charge on any atom is -0.489 e. The molecule has 1 saturated heterocycles. The van der Waals surface area contributed by atoms with Crippen LogP contribution >= 0.6 is 11.6 Å². The molecular weight excluding hydrogens is 484 g/mol. The first-order chi connectivity index (χ1) is 18.2. The molecule has 5 aromatic rings. The fraction of sp³-hybridized carbons (Fsp3) is 0.267. The monoisotopic (exact) mass is 512 g/mol. The first kappa shape index (κ1) is 23.8. The van der Waals surface area contributed by atoms with Gasteiger partial charge in [0.2, 0.25) is 0 Å². The molecule has 2 aromatic heterocycles. The van der Waals surface area contributed by atoms with E-state index in [0.29, 0.717) is 35.5 Å². The number of nitrogens with zero attached hydrogens (tertiary/aromatic N) is 3. The van der Waals surface area contributed by atoms with Crippen LogP contribution in [0.4, 0.5) is 0 Å². The Bertz CT molecular complexity index is 1490. The Hall–Kier alpha value is -3.61. The molecule has 7 heteroatoms. The van der Waals surface area contributed by atoms with Crippen LogP contribution in [0.2, 0.25) is 5.02 Å². The minimum absolute atomic E-state index is 0.463. The van der Waals surface area contributed by atoms with E-state index in [2.05, 4.69) is 28.1 Å². The van der Waals surface area contributed by atoms with E-state index in [0.717, 1.165) is 34.5 Å². The fourth-order valence-electron chi connectivity index (χ4n) is 4.88. The number of likely N-dealkylation sites (tertiary alicyclic amines) is 1. The summed E-state index contributed by atoms with van der Waals surface area (Å²) < 4.78 is 11.9. The number of benzene rings is 3. The quantitative estimate of drug-likeness (QED) is 0.242. The summed E-state index contributed by atoms with van der Waals surface area (Å²) in [6.45, 7) is 3.82. The zero-order valence-electron chi connectivity index (χ0n) is 20.6. The summed E-state index contributed by atoms with van der Waals surface area (Å²) in [4.78, 5) is 15.4. The molecule has 37 heavy (non-hydrogen) atoms. The Kier molecular flexibility index (Phi) is 6.93. The number of imidazole rings is 1. The van der Waals surface area contributed by atoms with Crippen molar-refractivity contribution in [1.82, 2.24) is 19.9 Å². The van der Waals surface area contributed by atoms with E-state index < -0.39 is 0 Å². The predicted molar refractivity (Wildman–Crippen MR) is 146 cm³/mol. The number of nitrogens with one attached hydrogen (secondary N) is 1. The van der Waals surface area contributed by atoms with Crippen LogP contribution in [0, 0.1) is 0 Å². The van der Waals surface area contributed by atoms with E-state index in [1.165, 1.54) is 37.9 Å². The Morgan fingerprint density at radius 2 is 1.78 bits per heavy atom. The maximum atomic E-state index is 6.30. The van der Waals surface area contributed by atoms with Gasteiger partial charge in [-0.05, 0) is 67.4 Å². The van der Waals surface area contributed by atoms with Crippen LogP contribution in [0.25, 0.3) is 22.6 Å². The van der Waals surface area contributed by atoms with Crippen LogP contribution < -0.4 is 4.74 Å². The molecular formula is C30H29ClN4O2. The summed E-state index contributed by atoms with van der Waals surface area (Å²) in [6, 6.07) is 22.2. The Balaban J connectivity index is 1.17. The van der Waals surface area contributed by atoms with Crippen LogP contribution in [0.3, 0.4) is 0 Å². The van der Waals surface area contributed by atoms with Crippen LogP contribution in [-0.2, 0) is 19.6 Å². The number of halogens is 1. The van der Waals surface area contributed by atoms with Gasteiger partial charge in [0.25, 0.3) is 0 Å². The molecule has 6 nitrogen and oxygen atoms in total. The molecule has 0 spiro atoms. The SMILES string of the molecule is Clc1ccc(OCc2ccccc2)c(Cc2nc(-c3nc4ccc(CN5CCCCC5)cc4[nH]3)co2)c1. The van der Waals surface area contributed by atoms with Crippen LogP contribution in [-0.4, -0.2) is 32.9 Å². The molecule has 0 atom stereocenters. The van der Waals surface area contributed by atoms with Crippen molar-refractivity contribution in [2.24, 2.45) is 0 Å². The molecule has 3 heterocycles. The van der Waals surface area contributed by atoms with Crippen LogP contribution in [0.5, 0.6) is 5.75 Å². The number of aromatic amines is 1. The van der Waals surface area contributed by atoms with E-state index in [-0.39, 0.29) is 0 Å². The number of hydrogen-bond donors (Lipinski definition) is 1. The van der Waals surface area contributed by atoms with Gasteiger partial charge in [-0.1, -0.05) is 54.4 Å². The lowest BCUT2D eigenvalue weighted by Gasteiger charge is -2.26. The topological polar surface area (TPSA) is 67.2 Å². The third kappa shape index (κ3) is 5.71. The maximum Gasteiger partial charge on any atom is 0.199 e. The maximum absolute atomic E-state index is 6.30. The van der Waals surface area contributed by atoms with Crippen molar-refractivity contribution >= 4 is 22.6 Å². The molecule has 6 rings (SSSR count). The van der Waals surface area contributed by atoms with E-state index in [1.54, 1.807) is 6.26 Å². The van der Waals surface area contributed by atoms with Gasteiger partial charge >= 0.3 is 0 Å². The third-order valence-corrected chi connectivity index (χ3v) is 7.03. The van der Waals surface area contributed by atoms with Crippen LogP contribution in [0.1, 0.15) is 41.8 Å². The summed E-state index contributed by atoms with van der Waals surface area (Å²) in [5.41, 5.74) is 5.94. The average Bonchev–Trinajstić information content (AvgIpc) is 3.56. The summed E-state index contributed by atoms with van der Waals surface area (Å²) in [5.74, 6) is 2.04.